The van der Waals surface area contributed by atoms with E-state index in [1.165, 1.54) is 6.07 Å². The summed E-state index contributed by atoms with van der Waals surface area (Å²) in [5.74, 6) is -0.965. The summed E-state index contributed by atoms with van der Waals surface area (Å²) in [6.45, 7) is 0.144. The average Bonchev–Trinajstić information content (AvgIpc) is 2.46. The van der Waals surface area contributed by atoms with E-state index < -0.39 is 17.8 Å². The lowest BCUT2D eigenvalue weighted by atomic mass is 9.89. The molecule has 0 bridgehead atoms. The van der Waals surface area contributed by atoms with Crippen LogP contribution >= 0.6 is 39.1 Å². The Morgan fingerprint density at radius 3 is 2.48 bits per heavy atom. The van der Waals surface area contributed by atoms with Gasteiger partial charge in [-0.05, 0) is 35.9 Å². The zero-order valence-corrected chi connectivity index (χ0v) is 14.0. The Kier molecular flexibility index (Phi) is 5.63. The lowest BCUT2D eigenvalue weighted by Gasteiger charge is -2.23. The van der Waals surface area contributed by atoms with Crippen LogP contribution in [0.2, 0.25) is 10.0 Å². The van der Waals surface area contributed by atoms with E-state index in [1.807, 2.05) is 0 Å². The summed E-state index contributed by atoms with van der Waals surface area (Å²) in [5.41, 5.74) is 6.64. The van der Waals surface area contributed by atoms with Gasteiger partial charge in [-0.25, -0.2) is 4.39 Å². The van der Waals surface area contributed by atoms with Gasteiger partial charge in [0.05, 0.1) is 16.1 Å². The zero-order chi connectivity index (χ0) is 15.6. The highest BCUT2D eigenvalue weighted by molar-refractivity contribution is 9.10. The van der Waals surface area contributed by atoms with Crippen molar-refractivity contribution >= 4 is 39.1 Å². The first-order chi connectivity index (χ1) is 9.93. The number of nitrogens with two attached hydrogens (primary N) is 1. The van der Waals surface area contributed by atoms with E-state index in [0.29, 0.717) is 20.1 Å². The molecule has 0 aliphatic rings. The largest absolute Gasteiger partial charge is 0.388 e. The molecule has 2 aromatic carbocycles. The molecular formula is C15H13BrCl2FNO. The predicted octanol–water partition coefficient (Wildman–Crippen LogP) is 4.67. The summed E-state index contributed by atoms with van der Waals surface area (Å²) in [5, 5.41) is 11.3. The summed E-state index contributed by atoms with van der Waals surface area (Å²) in [4.78, 5) is 0. The molecule has 0 saturated carbocycles. The third-order valence-electron chi connectivity index (χ3n) is 3.28. The van der Waals surface area contributed by atoms with Crippen LogP contribution in [0.1, 0.15) is 23.1 Å². The van der Waals surface area contributed by atoms with Crippen LogP contribution < -0.4 is 5.73 Å². The molecule has 0 heterocycles. The third-order valence-corrected chi connectivity index (χ3v) is 4.52. The standard InChI is InChI=1S/C15H13BrCl2FNO/c16-9-2-4-14(19)10(6-9)15(21)11(7-20)8-1-3-12(17)13(18)5-8/h1-6,11,15,21H,7,20H2. The first-order valence-electron chi connectivity index (χ1n) is 6.22. The Morgan fingerprint density at radius 2 is 1.86 bits per heavy atom. The van der Waals surface area contributed by atoms with Crippen molar-refractivity contribution < 1.29 is 9.50 Å². The lowest BCUT2D eigenvalue weighted by molar-refractivity contribution is 0.143. The van der Waals surface area contributed by atoms with Gasteiger partial charge in [0.1, 0.15) is 5.82 Å². The minimum atomic E-state index is -1.08. The van der Waals surface area contributed by atoms with Gasteiger partial charge in [-0.15, -0.1) is 0 Å². The molecule has 21 heavy (non-hydrogen) atoms. The zero-order valence-electron chi connectivity index (χ0n) is 10.9. The topological polar surface area (TPSA) is 46.2 Å². The highest BCUT2D eigenvalue weighted by Gasteiger charge is 2.24. The molecule has 2 aromatic rings. The van der Waals surface area contributed by atoms with Crippen LogP contribution in [0.5, 0.6) is 0 Å². The molecule has 0 saturated heterocycles. The van der Waals surface area contributed by atoms with Gasteiger partial charge < -0.3 is 10.8 Å². The Morgan fingerprint density at radius 1 is 1.14 bits per heavy atom. The van der Waals surface area contributed by atoms with Crippen molar-refractivity contribution in [3.8, 4) is 0 Å². The summed E-state index contributed by atoms with van der Waals surface area (Å²) >= 11 is 15.1. The molecule has 2 atom stereocenters. The molecule has 0 radical (unpaired) electrons. The van der Waals surface area contributed by atoms with Gasteiger partial charge in [0, 0.05) is 22.5 Å². The Labute approximate surface area is 140 Å². The van der Waals surface area contributed by atoms with E-state index in [1.54, 1.807) is 30.3 Å². The van der Waals surface area contributed by atoms with Crippen molar-refractivity contribution in [3.05, 3.63) is 67.9 Å². The van der Waals surface area contributed by atoms with E-state index in [2.05, 4.69) is 15.9 Å². The summed E-state index contributed by atoms with van der Waals surface area (Å²) in [7, 11) is 0. The van der Waals surface area contributed by atoms with Gasteiger partial charge in [-0.3, -0.25) is 0 Å². The number of rotatable bonds is 4. The number of hydrogen-bond donors (Lipinski definition) is 2. The molecule has 0 aliphatic heterocycles. The van der Waals surface area contributed by atoms with E-state index in [9.17, 15) is 9.50 Å². The fraction of sp³-hybridized carbons (Fsp3) is 0.200. The molecule has 3 N–H and O–H groups in total. The summed E-state index contributed by atoms with van der Waals surface area (Å²) < 4.78 is 14.6. The van der Waals surface area contributed by atoms with Gasteiger partial charge in [-0.1, -0.05) is 45.2 Å². The van der Waals surface area contributed by atoms with Gasteiger partial charge in [-0.2, -0.15) is 0 Å². The highest BCUT2D eigenvalue weighted by atomic mass is 79.9. The molecule has 0 aliphatic carbocycles. The molecule has 0 fully saturated rings. The van der Waals surface area contributed by atoms with Gasteiger partial charge in [0.15, 0.2) is 0 Å². The number of aliphatic hydroxyl groups excluding tert-OH is 1. The summed E-state index contributed by atoms with van der Waals surface area (Å²) in [6, 6.07) is 9.41. The van der Waals surface area contributed by atoms with Crippen molar-refractivity contribution in [3.63, 3.8) is 0 Å². The highest BCUT2D eigenvalue weighted by Crippen LogP contribution is 2.35. The average molecular weight is 393 g/mol. The lowest BCUT2D eigenvalue weighted by Crippen LogP contribution is -2.21. The first-order valence-corrected chi connectivity index (χ1v) is 7.77. The molecule has 2 nitrogen and oxygen atoms in total. The normalized spacial score (nSPS) is 14.0. The maximum atomic E-state index is 13.9. The van der Waals surface area contributed by atoms with Crippen molar-refractivity contribution in [2.45, 2.75) is 12.0 Å². The van der Waals surface area contributed by atoms with Crippen molar-refractivity contribution in [1.29, 1.82) is 0 Å². The van der Waals surface area contributed by atoms with E-state index >= 15 is 0 Å². The number of hydrogen-bond acceptors (Lipinski definition) is 2. The Bertz CT molecular complexity index is 654. The van der Waals surface area contributed by atoms with Crippen LogP contribution in [0, 0.1) is 5.82 Å². The number of aliphatic hydroxyl groups is 1. The second kappa shape index (κ2) is 7.07. The molecule has 6 heteroatoms. The van der Waals surface area contributed by atoms with Crippen molar-refractivity contribution in [1.82, 2.24) is 0 Å². The SMILES string of the molecule is NCC(c1ccc(Cl)c(Cl)c1)C(O)c1cc(Br)ccc1F. The third kappa shape index (κ3) is 3.76. The minimum Gasteiger partial charge on any atom is -0.388 e. The quantitative estimate of drug-likeness (QED) is 0.793. The molecular weight excluding hydrogens is 380 g/mol. The number of benzene rings is 2. The molecule has 2 unspecified atom stereocenters. The number of halogens is 4. The molecule has 0 spiro atoms. The van der Waals surface area contributed by atoms with E-state index in [4.69, 9.17) is 28.9 Å². The van der Waals surface area contributed by atoms with Crippen LogP contribution in [-0.4, -0.2) is 11.7 Å². The van der Waals surface area contributed by atoms with Crippen LogP contribution in [-0.2, 0) is 0 Å². The Balaban J connectivity index is 2.40. The predicted molar refractivity (Wildman–Crippen MR) is 87.3 cm³/mol. The van der Waals surface area contributed by atoms with E-state index in [0.717, 1.165) is 0 Å². The van der Waals surface area contributed by atoms with E-state index in [-0.39, 0.29) is 12.1 Å². The van der Waals surface area contributed by atoms with Crippen LogP contribution in [0.4, 0.5) is 4.39 Å². The molecule has 112 valence electrons. The van der Waals surface area contributed by atoms with Crippen molar-refractivity contribution in [2.24, 2.45) is 5.73 Å². The second-order valence-electron chi connectivity index (χ2n) is 4.63. The van der Waals surface area contributed by atoms with Crippen LogP contribution in [0.15, 0.2) is 40.9 Å². The molecule has 0 amide bonds. The van der Waals surface area contributed by atoms with Crippen molar-refractivity contribution in [2.75, 3.05) is 6.54 Å². The fourth-order valence-electron chi connectivity index (χ4n) is 2.15. The van der Waals surface area contributed by atoms with Crippen LogP contribution in [0.3, 0.4) is 0 Å². The second-order valence-corrected chi connectivity index (χ2v) is 6.36. The first kappa shape index (κ1) is 16.7. The Hall–Kier alpha value is -0.650. The maximum absolute atomic E-state index is 13.9. The van der Waals surface area contributed by atoms with Gasteiger partial charge in [0.2, 0.25) is 0 Å². The smallest absolute Gasteiger partial charge is 0.129 e. The fourth-order valence-corrected chi connectivity index (χ4v) is 2.83. The van der Waals surface area contributed by atoms with Gasteiger partial charge >= 0.3 is 0 Å². The van der Waals surface area contributed by atoms with Crippen LogP contribution in [0.25, 0.3) is 0 Å². The monoisotopic (exact) mass is 391 g/mol. The molecule has 0 aromatic heterocycles. The molecule has 2 rings (SSSR count). The minimum absolute atomic E-state index is 0.144. The summed E-state index contributed by atoms with van der Waals surface area (Å²) in [6.07, 6.45) is -1.08. The maximum Gasteiger partial charge on any atom is 0.129 e. The van der Waals surface area contributed by atoms with Gasteiger partial charge in [0.25, 0.3) is 0 Å².